The number of rotatable bonds is 5. The zero-order valence-corrected chi connectivity index (χ0v) is 17.9. The summed E-state index contributed by atoms with van der Waals surface area (Å²) in [5.74, 6) is 0.474. The van der Waals surface area contributed by atoms with Gasteiger partial charge in [-0.25, -0.2) is 8.42 Å². The highest BCUT2D eigenvalue weighted by atomic mass is 32.2. The van der Waals surface area contributed by atoms with Crippen LogP contribution in [0.3, 0.4) is 0 Å². The number of hydrogen-bond acceptors (Lipinski definition) is 5. The summed E-state index contributed by atoms with van der Waals surface area (Å²) in [6.07, 6.45) is -1.01. The first-order valence-corrected chi connectivity index (χ1v) is 11.1. The maximum atomic E-state index is 13.5. The minimum atomic E-state index is -3.93. The predicted octanol–water partition coefficient (Wildman–Crippen LogP) is 3.60. The Kier molecular flexibility index (Phi) is 5.56. The van der Waals surface area contributed by atoms with E-state index in [1.807, 2.05) is 19.1 Å². The Labute approximate surface area is 181 Å². The van der Waals surface area contributed by atoms with E-state index in [0.29, 0.717) is 22.9 Å². The highest BCUT2D eigenvalue weighted by Crippen LogP contribution is 2.38. The van der Waals surface area contributed by atoms with Gasteiger partial charge in [0.25, 0.3) is 15.9 Å². The Morgan fingerprint density at radius 2 is 1.77 bits per heavy atom. The molecule has 0 radical (unpaired) electrons. The number of hydrogen-bond donors (Lipinski definition) is 1. The fraction of sp³-hybridized carbons (Fsp3) is 0.174. The monoisotopic (exact) mass is 438 g/mol. The van der Waals surface area contributed by atoms with Crippen molar-refractivity contribution < 1.29 is 22.7 Å². The van der Waals surface area contributed by atoms with E-state index in [9.17, 15) is 13.2 Å². The lowest BCUT2D eigenvalue weighted by Gasteiger charge is -2.35. The molecule has 8 heteroatoms. The lowest BCUT2D eigenvalue weighted by atomic mass is 10.1. The van der Waals surface area contributed by atoms with Crippen LogP contribution in [0.4, 0.5) is 11.4 Å². The second-order valence-corrected chi connectivity index (χ2v) is 9.01. The van der Waals surface area contributed by atoms with E-state index in [1.165, 1.54) is 23.5 Å². The van der Waals surface area contributed by atoms with E-state index >= 15 is 0 Å². The Hall–Kier alpha value is -3.52. The summed E-state index contributed by atoms with van der Waals surface area (Å²) in [5, 5.41) is 2.78. The van der Waals surface area contributed by atoms with Gasteiger partial charge in [0.05, 0.1) is 24.2 Å². The summed E-state index contributed by atoms with van der Waals surface area (Å²) < 4.78 is 39.2. The largest absolute Gasteiger partial charge is 0.497 e. The molecule has 1 amide bonds. The molecule has 4 rings (SSSR count). The van der Waals surface area contributed by atoms with Gasteiger partial charge in [0, 0.05) is 5.69 Å². The Bertz CT molecular complexity index is 1190. The van der Waals surface area contributed by atoms with Crippen molar-refractivity contribution in [3.63, 3.8) is 0 Å². The van der Waals surface area contributed by atoms with Gasteiger partial charge in [-0.1, -0.05) is 24.3 Å². The minimum absolute atomic E-state index is 0.101. The Morgan fingerprint density at radius 1 is 1.06 bits per heavy atom. The van der Waals surface area contributed by atoms with Crippen molar-refractivity contribution >= 4 is 27.3 Å². The average molecular weight is 439 g/mol. The van der Waals surface area contributed by atoms with Crippen molar-refractivity contribution in [1.29, 1.82) is 0 Å². The third kappa shape index (κ3) is 4.20. The van der Waals surface area contributed by atoms with E-state index in [1.54, 1.807) is 48.5 Å². The molecular weight excluding hydrogens is 416 g/mol. The number of para-hydroxylation sites is 1. The number of carbonyl (C=O) groups is 1. The molecule has 160 valence electrons. The summed E-state index contributed by atoms with van der Waals surface area (Å²) in [4.78, 5) is 13.0. The van der Waals surface area contributed by atoms with E-state index in [4.69, 9.17) is 9.47 Å². The lowest BCUT2D eigenvalue weighted by Crippen LogP contribution is -2.48. The molecule has 3 aromatic carbocycles. The van der Waals surface area contributed by atoms with Gasteiger partial charge in [0.2, 0.25) is 0 Å². The number of nitrogens with one attached hydrogen (secondary N) is 1. The molecule has 7 nitrogen and oxygen atoms in total. The van der Waals surface area contributed by atoms with Crippen molar-refractivity contribution in [3.8, 4) is 11.5 Å². The molecule has 1 heterocycles. The number of aryl methyl sites for hydroxylation is 1. The number of anilines is 2. The van der Waals surface area contributed by atoms with Gasteiger partial charge < -0.3 is 14.8 Å². The van der Waals surface area contributed by atoms with Crippen LogP contribution in [0.15, 0.2) is 77.7 Å². The van der Waals surface area contributed by atoms with Crippen LogP contribution in [0, 0.1) is 6.92 Å². The second kappa shape index (κ2) is 8.31. The molecule has 1 aliphatic rings. The number of amides is 1. The van der Waals surface area contributed by atoms with Crippen molar-refractivity contribution in [2.45, 2.75) is 17.9 Å². The van der Waals surface area contributed by atoms with Crippen LogP contribution in [-0.2, 0) is 14.8 Å². The molecule has 1 N–H and O–H groups in total. The van der Waals surface area contributed by atoms with E-state index in [-0.39, 0.29) is 11.4 Å². The average Bonchev–Trinajstić information content (AvgIpc) is 2.78. The number of carbonyl (C=O) groups excluding carboxylic acids is 1. The summed E-state index contributed by atoms with van der Waals surface area (Å²) in [6, 6.07) is 20.3. The molecule has 1 aliphatic heterocycles. The first kappa shape index (κ1) is 20.7. The van der Waals surface area contributed by atoms with Crippen molar-refractivity contribution in [2.24, 2.45) is 0 Å². The van der Waals surface area contributed by atoms with Gasteiger partial charge in [-0.05, 0) is 61.0 Å². The Morgan fingerprint density at radius 3 is 2.45 bits per heavy atom. The summed E-state index contributed by atoms with van der Waals surface area (Å²) in [5.41, 5.74) is 1.89. The minimum Gasteiger partial charge on any atom is -0.497 e. The number of fused-ring (bicyclic) bond motifs is 1. The molecule has 0 aliphatic carbocycles. The van der Waals surface area contributed by atoms with Crippen LogP contribution in [-0.4, -0.2) is 34.1 Å². The number of methoxy groups -OCH3 is 1. The number of nitrogens with zero attached hydrogens (tertiary/aromatic N) is 1. The number of sulfonamides is 1. The van der Waals surface area contributed by atoms with E-state index in [0.717, 1.165) is 5.56 Å². The quantitative estimate of drug-likeness (QED) is 0.658. The standard InChI is InChI=1S/C23H22N2O5S/c1-16-8-13-20-21(14-16)30-22(23(26)24-17-6-4-3-5-7-17)15-25(20)31(27,28)19-11-9-18(29-2)10-12-19/h3-14,22H,15H2,1-2H3,(H,24,26)/t22-/m1/s1. The smallest absolute Gasteiger partial charge is 0.267 e. The van der Waals surface area contributed by atoms with Gasteiger partial charge in [-0.2, -0.15) is 0 Å². The highest BCUT2D eigenvalue weighted by molar-refractivity contribution is 7.92. The maximum Gasteiger partial charge on any atom is 0.267 e. The third-order valence-electron chi connectivity index (χ3n) is 4.97. The molecule has 0 saturated heterocycles. The first-order valence-electron chi connectivity index (χ1n) is 9.68. The lowest BCUT2D eigenvalue weighted by molar-refractivity contribution is -0.122. The van der Waals surface area contributed by atoms with Gasteiger partial charge in [-0.15, -0.1) is 0 Å². The molecule has 0 saturated carbocycles. The van der Waals surface area contributed by atoms with Crippen molar-refractivity contribution in [3.05, 3.63) is 78.4 Å². The molecule has 3 aromatic rings. The van der Waals surface area contributed by atoms with Crippen molar-refractivity contribution in [1.82, 2.24) is 0 Å². The third-order valence-corrected chi connectivity index (χ3v) is 6.76. The molecule has 31 heavy (non-hydrogen) atoms. The van der Waals surface area contributed by atoms with Crippen LogP contribution >= 0.6 is 0 Å². The van der Waals surface area contributed by atoms with Crippen LogP contribution < -0.4 is 19.1 Å². The second-order valence-electron chi connectivity index (χ2n) is 7.14. The SMILES string of the molecule is COc1ccc(S(=O)(=O)N2C[C@H](C(=O)Nc3ccccc3)Oc3cc(C)ccc32)cc1. The normalized spacial score (nSPS) is 15.5. The molecule has 0 aromatic heterocycles. The highest BCUT2D eigenvalue weighted by Gasteiger charge is 2.37. The molecule has 0 spiro atoms. The van der Waals surface area contributed by atoms with E-state index < -0.39 is 22.0 Å². The zero-order chi connectivity index (χ0) is 22.0. The van der Waals surface area contributed by atoms with Crippen LogP contribution in [0.25, 0.3) is 0 Å². The van der Waals surface area contributed by atoms with Crippen LogP contribution in [0.2, 0.25) is 0 Å². The topological polar surface area (TPSA) is 84.9 Å². The summed E-state index contributed by atoms with van der Waals surface area (Å²) in [6.45, 7) is 1.72. The van der Waals surface area contributed by atoms with Gasteiger partial charge in [-0.3, -0.25) is 9.10 Å². The zero-order valence-electron chi connectivity index (χ0n) is 17.1. The summed E-state index contributed by atoms with van der Waals surface area (Å²) >= 11 is 0. The fourth-order valence-corrected chi connectivity index (χ4v) is 4.82. The first-order chi connectivity index (χ1) is 14.9. The summed E-state index contributed by atoms with van der Waals surface area (Å²) in [7, 11) is -2.42. The molecule has 1 atom stereocenters. The maximum absolute atomic E-state index is 13.5. The van der Waals surface area contributed by atoms with E-state index in [2.05, 4.69) is 5.32 Å². The molecule has 0 fully saturated rings. The Balaban J connectivity index is 1.69. The predicted molar refractivity (Wildman–Crippen MR) is 118 cm³/mol. The fourth-order valence-electron chi connectivity index (χ4n) is 3.34. The molecule has 0 bridgehead atoms. The number of benzene rings is 3. The van der Waals surface area contributed by atoms with Gasteiger partial charge in [0.1, 0.15) is 11.5 Å². The van der Waals surface area contributed by atoms with Crippen LogP contribution in [0.1, 0.15) is 5.56 Å². The van der Waals surface area contributed by atoms with Crippen LogP contribution in [0.5, 0.6) is 11.5 Å². The van der Waals surface area contributed by atoms with Crippen molar-refractivity contribution in [2.75, 3.05) is 23.3 Å². The van der Waals surface area contributed by atoms with Gasteiger partial charge in [0.15, 0.2) is 6.10 Å². The van der Waals surface area contributed by atoms with Gasteiger partial charge >= 0.3 is 0 Å². The molecule has 0 unspecified atom stereocenters. The number of ether oxygens (including phenoxy) is 2. The molecular formula is C23H22N2O5S.